The van der Waals surface area contributed by atoms with Crippen LogP contribution < -0.4 is 30.2 Å². The SMILES string of the molecule is C[C@H](CO)N1C[C@H](C)[C@@H](CN(C)C(=O)Nc2ccc(C(F)(F)F)cc2)Oc2ccc(NC(=O)Nc3ccc4c(c3)OCO4)cc2CC1=O. The van der Waals surface area contributed by atoms with Gasteiger partial charge in [-0.3, -0.25) is 4.79 Å². The number of rotatable bonds is 7. The molecule has 2 aliphatic heterocycles. The Hall–Kier alpha value is -5.18. The van der Waals surface area contributed by atoms with E-state index < -0.39 is 35.9 Å². The van der Waals surface area contributed by atoms with Gasteiger partial charge >= 0.3 is 18.2 Å². The zero-order valence-electron chi connectivity index (χ0n) is 26.5. The molecule has 0 unspecified atom stereocenters. The first kappa shape index (κ1) is 34.2. The third-order valence-electron chi connectivity index (χ3n) is 8.07. The van der Waals surface area contributed by atoms with Crippen molar-refractivity contribution in [3.8, 4) is 17.2 Å². The van der Waals surface area contributed by atoms with Crippen molar-refractivity contribution >= 4 is 35.0 Å². The Balaban J connectivity index is 1.32. The Morgan fingerprint density at radius 1 is 0.958 bits per heavy atom. The lowest BCUT2D eigenvalue weighted by Crippen LogP contribution is -2.48. The molecule has 48 heavy (non-hydrogen) atoms. The molecule has 2 aliphatic rings. The molecule has 0 bridgehead atoms. The Morgan fingerprint density at radius 3 is 2.25 bits per heavy atom. The van der Waals surface area contributed by atoms with Gasteiger partial charge in [-0.25, -0.2) is 9.59 Å². The highest BCUT2D eigenvalue weighted by Crippen LogP contribution is 2.35. The Kier molecular flexibility index (Phi) is 10.2. The molecule has 0 aromatic heterocycles. The molecule has 3 aromatic carbocycles. The highest BCUT2D eigenvalue weighted by Gasteiger charge is 2.33. The van der Waals surface area contributed by atoms with Gasteiger partial charge in [0.2, 0.25) is 12.7 Å². The summed E-state index contributed by atoms with van der Waals surface area (Å²) in [5.74, 6) is 0.877. The average Bonchev–Trinajstić information content (AvgIpc) is 3.52. The van der Waals surface area contributed by atoms with Gasteiger partial charge in [0, 0.05) is 48.2 Å². The molecular weight excluding hydrogens is 635 g/mol. The lowest BCUT2D eigenvalue weighted by molar-refractivity contribution is -0.137. The molecule has 0 spiro atoms. The van der Waals surface area contributed by atoms with Gasteiger partial charge in [0.15, 0.2) is 11.5 Å². The minimum atomic E-state index is -4.50. The van der Waals surface area contributed by atoms with E-state index >= 15 is 0 Å². The molecule has 3 atom stereocenters. The molecular formula is C33H36F3N5O7. The van der Waals surface area contributed by atoms with E-state index in [4.69, 9.17) is 14.2 Å². The largest absolute Gasteiger partial charge is 0.488 e. The van der Waals surface area contributed by atoms with Crippen molar-refractivity contribution in [3.63, 3.8) is 0 Å². The summed E-state index contributed by atoms with van der Waals surface area (Å²) in [5, 5.41) is 18.0. The van der Waals surface area contributed by atoms with E-state index in [0.717, 1.165) is 12.1 Å². The number of aliphatic hydroxyl groups is 1. The average molecular weight is 672 g/mol. The highest BCUT2D eigenvalue weighted by atomic mass is 19.4. The first-order chi connectivity index (χ1) is 22.8. The highest BCUT2D eigenvalue weighted by molar-refractivity contribution is 6.00. The fourth-order valence-corrected chi connectivity index (χ4v) is 5.31. The summed E-state index contributed by atoms with van der Waals surface area (Å²) in [4.78, 5) is 42.3. The third kappa shape index (κ3) is 8.20. The van der Waals surface area contributed by atoms with Crippen LogP contribution in [-0.4, -0.2) is 78.6 Å². The van der Waals surface area contributed by atoms with E-state index in [2.05, 4.69) is 16.0 Å². The van der Waals surface area contributed by atoms with Crippen molar-refractivity contribution in [2.75, 3.05) is 49.5 Å². The minimum absolute atomic E-state index is 0.0561. The number of ether oxygens (including phenoxy) is 3. The molecule has 0 saturated carbocycles. The standard InChI is InChI=1S/C33H36F3N5O7/c1-19-15-41(20(2)17-42)30(43)13-21-12-24(37-31(44)38-25-9-11-27-28(14-25)47-18-46-27)8-10-26(21)48-29(19)16-40(3)32(45)39-23-6-4-22(5-7-23)33(34,35)36/h4-12,14,19-20,29,42H,13,15-18H2,1-3H3,(H,39,45)(H2,37,38,44)/t19-,20+,29+/m0/s1. The summed E-state index contributed by atoms with van der Waals surface area (Å²) in [6.45, 7) is 3.69. The van der Waals surface area contributed by atoms with E-state index in [1.807, 2.05) is 6.92 Å². The minimum Gasteiger partial charge on any atom is -0.488 e. The van der Waals surface area contributed by atoms with Crippen molar-refractivity contribution in [1.29, 1.82) is 0 Å². The molecule has 0 radical (unpaired) electrons. The van der Waals surface area contributed by atoms with Gasteiger partial charge < -0.3 is 45.1 Å². The summed E-state index contributed by atoms with van der Waals surface area (Å²) < 4.78 is 55.9. The van der Waals surface area contributed by atoms with Crippen molar-refractivity contribution in [1.82, 2.24) is 9.80 Å². The quantitative estimate of drug-likeness (QED) is 0.264. The molecule has 256 valence electrons. The Bertz CT molecular complexity index is 1650. The molecule has 5 amide bonds. The van der Waals surface area contributed by atoms with Crippen LogP contribution in [0.15, 0.2) is 60.7 Å². The number of nitrogens with zero attached hydrogens (tertiary/aromatic N) is 2. The fraction of sp³-hybridized carbons (Fsp3) is 0.364. The molecule has 15 heteroatoms. The monoisotopic (exact) mass is 671 g/mol. The molecule has 3 aromatic rings. The fourth-order valence-electron chi connectivity index (χ4n) is 5.31. The number of likely N-dealkylation sites (N-methyl/N-ethyl adjacent to an activating group) is 1. The van der Waals surface area contributed by atoms with E-state index in [-0.39, 0.29) is 50.4 Å². The molecule has 0 fully saturated rings. The number of carbonyl (C=O) groups is 3. The molecule has 4 N–H and O–H groups in total. The lowest BCUT2D eigenvalue weighted by Gasteiger charge is -2.34. The van der Waals surface area contributed by atoms with Crippen LogP contribution in [0, 0.1) is 5.92 Å². The van der Waals surface area contributed by atoms with Crippen molar-refractivity contribution in [2.45, 2.75) is 38.6 Å². The number of halogens is 3. The van der Waals surface area contributed by atoms with Gasteiger partial charge in [0.1, 0.15) is 11.9 Å². The number of carbonyl (C=O) groups excluding carboxylic acids is 3. The predicted octanol–water partition coefficient (Wildman–Crippen LogP) is 5.39. The van der Waals surface area contributed by atoms with Crippen LogP contribution in [0.25, 0.3) is 0 Å². The second kappa shape index (κ2) is 14.3. The second-order valence-corrected chi connectivity index (χ2v) is 11.7. The van der Waals surface area contributed by atoms with Crippen molar-refractivity contribution < 1.29 is 46.9 Å². The van der Waals surface area contributed by atoms with Gasteiger partial charge in [-0.05, 0) is 61.5 Å². The zero-order valence-corrected chi connectivity index (χ0v) is 26.5. The summed E-state index contributed by atoms with van der Waals surface area (Å²) in [6.07, 6.45) is -5.22. The van der Waals surface area contributed by atoms with Crippen LogP contribution in [0.4, 0.5) is 39.8 Å². The van der Waals surface area contributed by atoms with E-state index in [1.165, 1.54) is 24.1 Å². The molecule has 5 rings (SSSR count). The molecule has 2 heterocycles. The van der Waals surface area contributed by atoms with Gasteiger partial charge in [0.25, 0.3) is 0 Å². The first-order valence-corrected chi connectivity index (χ1v) is 15.2. The van der Waals surface area contributed by atoms with E-state index in [0.29, 0.717) is 34.2 Å². The Labute approximate surface area is 274 Å². The number of nitrogens with one attached hydrogen (secondary N) is 3. The van der Waals surface area contributed by atoms with E-state index in [1.54, 1.807) is 48.2 Å². The van der Waals surface area contributed by atoms with Crippen LogP contribution in [-0.2, 0) is 17.4 Å². The summed E-state index contributed by atoms with van der Waals surface area (Å²) in [7, 11) is 1.52. The van der Waals surface area contributed by atoms with Crippen molar-refractivity contribution in [3.05, 3.63) is 71.8 Å². The molecule has 0 aliphatic carbocycles. The van der Waals surface area contributed by atoms with Crippen LogP contribution in [0.5, 0.6) is 17.2 Å². The number of urea groups is 2. The summed E-state index contributed by atoms with van der Waals surface area (Å²) in [6, 6.07) is 12.4. The summed E-state index contributed by atoms with van der Waals surface area (Å²) >= 11 is 0. The number of hydrogen-bond donors (Lipinski definition) is 4. The van der Waals surface area contributed by atoms with Gasteiger partial charge in [-0.2, -0.15) is 13.2 Å². The lowest BCUT2D eigenvalue weighted by atomic mass is 10.0. The van der Waals surface area contributed by atoms with E-state index in [9.17, 15) is 32.7 Å². The third-order valence-corrected chi connectivity index (χ3v) is 8.07. The number of amides is 5. The summed E-state index contributed by atoms with van der Waals surface area (Å²) in [5.41, 5.74) is 0.703. The maximum absolute atomic E-state index is 13.5. The topological polar surface area (TPSA) is 142 Å². The number of alkyl halides is 3. The number of hydrogen-bond acceptors (Lipinski definition) is 7. The molecule has 0 saturated heterocycles. The number of benzene rings is 3. The normalized spacial score (nSPS) is 18.0. The van der Waals surface area contributed by atoms with Gasteiger partial charge in [-0.15, -0.1) is 0 Å². The van der Waals surface area contributed by atoms with Crippen LogP contribution in [0.1, 0.15) is 25.0 Å². The van der Waals surface area contributed by atoms with Crippen LogP contribution >= 0.6 is 0 Å². The smallest absolute Gasteiger partial charge is 0.416 e. The van der Waals surface area contributed by atoms with Crippen LogP contribution in [0.2, 0.25) is 0 Å². The first-order valence-electron chi connectivity index (χ1n) is 15.2. The van der Waals surface area contributed by atoms with Gasteiger partial charge in [0.05, 0.1) is 31.2 Å². The number of aliphatic hydroxyl groups excluding tert-OH is 1. The second-order valence-electron chi connectivity index (χ2n) is 11.7. The van der Waals surface area contributed by atoms with Crippen LogP contribution in [0.3, 0.4) is 0 Å². The predicted molar refractivity (Wildman–Crippen MR) is 170 cm³/mol. The number of anilines is 3. The molecule has 12 nitrogen and oxygen atoms in total. The zero-order chi connectivity index (χ0) is 34.6. The Morgan fingerprint density at radius 2 is 1.58 bits per heavy atom. The number of fused-ring (bicyclic) bond motifs is 2. The van der Waals surface area contributed by atoms with Crippen molar-refractivity contribution in [2.24, 2.45) is 5.92 Å². The maximum atomic E-state index is 13.5. The maximum Gasteiger partial charge on any atom is 0.416 e. The van der Waals surface area contributed by atoms with Gasteiger partial charge in [-0.1, -0.05) is 6.92 Å².